The first-order valence-corrected chi connectivity index (χ1v) is 4.21. The number of methoxy groups -OCH3 is 1. The lowest BCUT2D eigenvalue weighted by Crippen LogP contribution is -2.24. The molecule has 5 heteroatoms. The third kappa shape index (κ3) is 2.70. The third-order valence-electron chi connectivity index (χ3n) is 1.76. The minimum absolute atomic E-state index is 0.107. The summed E-state index contributed by atoms with van der Waals surface area (Å²) in [7, 11) is 1.42. The number of benzene rings is 1. The molecule has 0 radical (unpaired) electrons. The summed E-state index contributed by atoms with van der Waals surface area (Å²) in [6.45, 7) is 1.29. The van der Waals surface area contributed by atoms with Crippen molar-refractivity contribution >= 4 is 17.6 Å². The molecule has 15 heavy (non-hydrogen) atoms. The molecule has 1 amide bonds. The van der Waals surface area contributed by atoms with Crippen LogP contribution in [0, 0.1) is 0 Å². The second-order valence-electron chi connectivity index (χ2n) is 2.88. The van der Waals surface area contributed by atoms with Gasteiger partial charge in [-0.3, -0.25) is 4.79 Å². The Hall–Kier alpha value is -2.04. The van der Waals surface area contributed by atoms with Gasteiger partial charge < -0.3 is 20.0 Å². The summed E-state index contributed by atoms with van der Waals surface area (Å²) in [6.07, 6.45) is 0. The van der Waals surface area contributed by atoms with Gasteiger partial charge in [-0.2, -0.15) is 0 Å². The SMILES string of the molecule is COc1ccc(NC(C)=O)c(C(=O)[O-])c1. The molecular formula is C10H10NO4-. The van der Waals surface area contributed by atoms with Crippen LogP contribution in [0.4, 0.5) is 5.69 Å². The Morgan fingerprint density at radius 1 is 1.40 bits per heavy atom. The number of hydrogen-bond donors (Lipinski definition) is 1. The molecule has 5 nitrogen and oxygen atoms in total. The van der Waals surface area contributed by atoms with E-state index in [4.69, 9.17) is 4.74 Å². The summed E-state index contributed by atoms with van der Waals surface area (Å²) >= 11 is 0. The lowest BCUT2D eigenvalue weighted by molar-refractivity contribution is -0.254. The number of carboxylic acid groups (broad SMARTS) is 1. The molecule has 1 rings (SSSR count). The number of carbonyl (C=O) groups excluding carboxylic acids is 2. The van der Waals surface area contributed by atoms with Crippen molar-refractivity contribution in [3.8, 4) is 5.75 Å². The predicted molar refractivity (Wildman–Crippen MR) is 51.6 cm³/mol. The van der Waals surface area contributed by atoms with Crippen LogP contribution in [0.3, 0.4) is 0 Å². The van der Waals surface area contributed by atoms with Crippen LogP contribution < -0.4 is 15.2 Å². The van der Waals surface area contributed by atoms with Gasteiger partial charge >= 0.3 is 0 Å². The van der Waals surface area contributed by atoms with E-state index in [1.54, 1.807) is 6.07 Å². The van der Waals surface area contributed by atoms with E-state index in [2.05, 4.69) is 5.32 Å². The maximum atomic E-state index is 10.8. The van der Waals surface area contributed by atoms with E-state index >= 15 is 0 Å². The second-order valence-corrected chi connectivity index (χ2v) is 2.88. The van der Waals surface area contributed by atoms with Crippen molar-refractivity contribution in [3.05, 3.63) is 23.8 Å². The minimum Gasteiger partial charge on any atom is -0.545 e. The molecule has 0 fully saturated rings. The Balaban J connectivity index is 3.15. The standard InChI is InChI=1S/C10H11NO4/c1-6(12)11-9-4-3-7(15-2)5-8(9)10(13)14/h3-5H,1-2H3,(H,11,12)(H,13,14)/p-1. The van der Waals surface area contributed by atoms with Gasteiger partial charge in [0.25, 0.3) is 0 Å². The van der Waals surface area contributed by atoms with Crippen LogP contribution in [0.25, 0.3) is 0 Å². The van der Waals surface area contributed by atoms with E-state index in [1.165, 1.54) is 26.2 Å². The third-order valence-corrected chi connectivity index (χ3v) is 1.76. The van der Waals surface area contributed by atoms with Crippen molar-refractivity contribution in [1.29, 1.82) is 0 Å². The van der Waals surface area contributed by atoms with Crippen LogP contribution in [0.1, 0.15) is 17.3 Å². The first kappa shape index (κ1) is 11.0. The van der Waals surface area contributed by atoms with Gasteiger partial charge in [-0.15, -0.1) is 0 Å². The highest BCUT2D eigenvalue weighted by atomic mass is 16.5. The maximum Gasteiger partial charge on any atom is 0.221 e. The normalized spacial score (nSPS) is 9.47. The number of carbonyl (C=O) groups is 2. The van der Waals surface area contributed by atoms with Gasteiger partial charge in [0.15, 0.2) is 0 Å². The zero-order valence-electron chi connectivity index (χ0n) is 8.37. The molecule has 1 aromatic carbocycles. The number of aromatic carboxylic acids is 1. The Bertz CT molecular complexity index is 400. The molecule has 1 aromatic rings. The topological polar surface area (TPSA) is 78.5 Å². The van der Waals surface area contributed by atoms with Crippen LogP contribution in [-0.4, -0.2) is 19.0 Å². The van der Waals surface area contributed by atoms with Crippen molar-refractivity contribution in [2.24, 2.45) is 0 Å². The Morgan fingerprint density at radius 2 is 2.07 bits per heavy atom. The van der Waals surface area contributed by atoms with Crippen LogP contribution >= 0.6 is 0 Å². The highest BCUT2D eigenvalue weighted by Crippen LogP contribution is 2.21. The van der Waals surface area contributed by atoms with Gasteiger partial charge in [-0.25, -0.2) is 0 Å². The minimum atomic E-state index is -1.36. The number of ether oxygens (including phenoxy) is 1. The van der Waals surface area contributed by atoms with Crippen LogP contribution in [0.15, 0.2) is 18.2 Å². The molecule has 0 aliphatic heterocycles. The van der Waals surface area contributed by atoms with E-state index in [1.807, 2.05) is 0 Å². The van der Waals surface area contributed by atoms with Gasteiger partial charge in [-0.05, 0) is 18.2 Å². The number of nitrogens with one attached hydrogen (secondary N) is 1. The Labute approximate surface area is 86.7 Å². The Kier molecular flexibility index (Phi) is 3.28. The van der Waals surface area contributed by atoms with Crippen LogP contribution in [0.2, 0.25) is 0 Å². The number of hydrogen-bond acceptors (Lipinski definition) is 4. The summed E-state index contributed by atoms with van der Waals surface area (Å²) in [4.78, 5) is 21.5. The fourth-order valence-electron chi connectivity index (χ4n) is 1.12. The molecule has 0 bridgehead atoms. The molecular weight excluding hydrogens is 198 g/mol. The maximum absolute atomic E-state index is 10.8. The summed E-state index contributed by atoms with van der Waals surface area (Å²) in [5.74, 6) is -1.32. The lowest BCUT2D eigenvalue weighted by Gasteiger charge is -2.12. The first-order valence-electron chi connectivity index (χ1n) is 4.21. The number of rotatable bonds is 3. The van der Waals surface area contributed by atoms with E-state index in [-0.39, 0.29) is 17.2 Å². The average molecular weight is 208 g/mol. The van der Waals surface area contributed by atoms with Gasteiger partial charge in [0, 0.05) is 12.5 Å². The van der Waals surface area contributed by atoms with Gasteiger partial charge in [0.05, 0.1) is 18.8 Å². The monoisotopic (exact) mass is 208 g/mol. The summed E-state index contributed by atoms with van der Waals surface area (Å²) < 4.78 is 4.86. The summed E-state index contributed by atoms with van der Waals surface area (Å²) in [6, 6.07) is 4.30. The predicted octanol–water partition coefficient (Wildman–Crippen LogP) is 0.0171. The van der Waals surface area contributed by atoms with Crippen LogP contribution in [-0.2, 0) is 4.79 Å². The zero-order valence-corrected chi connectivity index (χ0v) is 8.37. The molecule has 0 atom stereocenters. The number of amides is 1. The molecule has 0 unspecified atom stereocenters. The van der Waals surface area contributed by atoms with Crippen LogP contribution in [0.5, 0.6) is 5.75 Å². The van der Waals surface area contributed by atoms with E-state index in [0.29, 0.717) is 5.75 Å². The van der Waals surface area contributed by atoms with Crippen molar-refractivity contribution in [2.45, 2.75) is 6.92 Å². The average Bonchev–Trinajstić information content (AvgIpc) is 2.17. The van der Waals surface area contributed by atoms with Crippen molar-refractivity contribution in [2.75, 3.05) is 12.4 Å². The van der Waals surface area contributed by atoms with Gasteiger partial charge in [0.1, 0.15) is 5.75 Å². The highest BCUT2D eigenvalue weighted by Gasteiger charge is 2.06. The molecule has 0 aromatic heterocycles. The van der Waals surface area contributed by atoms with Crippen molar-refractivity contribution < 1.29 is 19.4 Å². The van der Waals surface area contributed by atoms with Gasteiger partial charge in [0.2, 0.25) is 5.91 Å². The molecule has 0 spiro atoms. The molecule has 0 saturated heterocycles. The fourth-order valence-corrected chi connectivity index (χ4v) is 1.12. The molecule has 0 aliphatic carbocycles. The largest absolute Gasteiger partial charge is 0.545 e. The second kappa shape index (κ2) is 4.45. The number of carboxylic acids is 1. The van der Waals surface area contributed by atoms with E-state index < -0.39 is 5.97 Å². The van der Waals surface area contributed by atoms with Crippen molar-refractivity contribution in [3.63, 3.8) is 0 Å². The number of anilines is 1. The Morgan fingerprint density at radius 3 is 2.53 bits per heavy atom. The summed E-state index contributed by atoms with van der Waals surface area (Å²) in [5.41, 5.74) is 0.0906. The first-order chi connectivity index (χ1) is 7.04. The fraction of sp³-hybridized carbons (Fsp3) is 0.200. The van der Waals surface area contributed by atoms with Crippen molar-refractivity contribution in [1.82, 2.24) is 0 Å². The molecule has 0 saturated carbocycles. The van der Waals surface area contributed by atoms with E-state index in [9.17, 15) is 14.7 Å². The molecule has 80 valence electrons. The summed E-state index contributed by atoms with van der Waals surface area (Å²) in [5, 5.41) is 13.1. The van der Waals surface area contributed by atoms with Gasteiger partial charge in [-0.1, -0.05) is 0 Å². The quantitative estimate of drug-likeness (QED) is 0.759. The molecule has 0 heterocycles. The highest BCUT2D eigenvalue weighted by molar-refractivity contribution is 5.99. The zero-order chi connectivity index (χ0) is 11.4. The van der Waals surface area contributed by atoms with E-state index in [0.717, 1.165) is 0 Å². The molecule has 1 N–H and O–H groups in total. The molecule has 0 aliphatic rings. The smallest absolute Gasteiger partial charge is 0.221 e. The lowest BCUT2D eigenvalue weighted by atomic mass is 10.1.